The maximum atomic E-state index is 5.71. The van der Waals surface area contributed by atoms with Gasteiger partial charge in [0.2, 0.25) is 0 Å². The minimum Gasteiger partial charge on any atom is -0.399 e. The SMILES string of the molecule is Cc1cnc(-c2cccc(N)c2)nc1N. The molecule has 2 aromatic rings. The molecule has 0 aliphatic heterocycles. The Hall–Kier alpha value is -2.10. The lowest BCUT2D eigenvalue weighted by Gasteiger charge is -2.03. The largest absolute Gasteiger partial charge is 0.399 e. The molecule has 0 saturated carbocycles. The minimum absolute atomic E-state index is 0.502. The molecule has 0 amide bonds. The lowest BCUT2D eigenvalue weighted by Crippen LogP contribution is -1.98. The highest BCUT2D eigenvalue weighted by molar-refractivity contribution is 5.62. The molecule has 76 valence electrons. The van der Waals surface area contributed by atoms with Gasteiger partial charge in [-0.2, -0.15) is 0 Å². The molecule has 1 heterocycles. The highest BCUT2D eigenvalue weighted by Crippen LogP contribution is 2.19. The first kappa shape index (κ1) is 9.45. The first-order valence-corrected chi connectivity index (χ1v) is 4.62. The molecule has 0 atom stereocenters. The predicted octanol–water partition coefficient (Wildman–Crippen LogP) is 1.62. The Morgan fingerprint density at radius 1 is 1.20 bits per heavy atom. The average molecular weight is 200 g/mol. The van der Waals surface area contributed by atoms with Gasteiger partial charge < -0.3 is 11.5 Å². The Morgan fingerprint density at radius 2 is 2.00 bits per heavy atom. The molecular formula is C11H12N4. The van der Waals surface area contributed by atoms with E-state index in [1.807, 2.05) is 31.2 Å². The molecule has 0 spiro atoms. The van der Waals surface area contributed by atoms with Crippen LogP contribution < -0.4 is 11.5 Å². The van der Waals surface area contributed by atoms with Crippen LogP contribution in [0.25, 0.3) is 11.4 Å². The maximum absolute atomic E-state index is 5.71. The lowest BCUT2D eigenvalue weighted by molar-refractivity contribution is 1.15. The summed E-state index contributed by atoms with van der Waals surface area (Å²) in [7, 11) is 0. The van der Waals surface area contributed by atoms with Crippen molar-refractivity contribution in [3.63, 3.8) is 0 Å². The van der Waals surface area contributed by atoms with Crippen LogP contribution in [-0.4, -0.2) is 9.97 Å². The summed E-state index contributed by atoms with van der Waals surface area (Å²) in [4.78, 5) is 8.40. The van der Waals surface area contributed by atoms with Gasteiger partial charge in [-0.25, -0.2) is 9.97 Å². The number of rotatable bonds is 1. The fourth-order valence-electron chi connectivity index (χ4n) is 1.27. The fraction of sp³-hybridized carbons (Fsp3) is 0.0909. The van der Waals surface area contributed by atoms with Gasteiger partial charge in [0.15, 0.2) is 5.82 Å². The van der Waals surface area contributed by atoms with E-state index >= 15 is 0 Å². The van der Waals surface area contributed by atoms with E-state index in [9.17, 15) is 0 Å². The van der Waals surface area contributed by atoms with Crippen LogP contribution in [0.4, 0.5) is 11.5 Å². The minimum atomic E-state index is 0.502. The zero-order valence-corrected chi connectivity index (χ0v) is 8.44. The van der Waals surface area contributed by atoms with E-state index in [1.54, 1.807) is 6.20 Å². The smallest absolute Gasteiger partial charge is 0.161 e. The predicted molar refractivity (Wildman–Crippen MR) is 61.0 cm³/mol. The molecule has 0 aliphatic rings. The number of hydrogen-bond acceptors (Lipinski definition) is 4. The van der Waals surface area contributed by atoms with E-state index in [1.165, 1.54) is 0 Å². The van der Waals surface area contributed by atoms with Crippen molar-refractivity contribution in [2.24, 2.45) is 0 Å². The van der Waals surface area contributed by atoms with Crippen LogP contribution in [0.5, 0.6) is 0 Å². The summed E-state index contributed by atoms with van der Waals surface area (Å²) in [6.45, 7) is 1.87. The molecule has 1 aromatic carbocycles. The van der Waals surface area contributed by atoms with Crippen molar-refractivity contribution in [2.45, 2.75) is 6.92 Å². The van der Waals surface area contributed by atoms with E-state index in [-0.39, 0.29) is 0 Å². The molecule has 4 heteroatoms. The van der Waals surface area contributed by atoms with E-state index in [4.69, 9.17) is 11.5 Å². The molecule has 4 nitrogen and oxygen atoms in total. The number of nitrogen functional groups attached to an aromatic ring is 2. The Balaban J connectivity index is 2.50. The summed E-state index contributed by atoms with van der Waals surface area (Å²) in [5, 5.41) is 0. The van der Waals surface area contributed by atoms with Crippen molar-refractivity contribution < 1.29 is 0 Å². The number of aromatic nitrogens is 2. The maximum Gasteiger partial charge on any atom is 0.161 e. The Labute approximate surface area is 88.0 Å². The van der Waals surface area contributed by atoms with Gasteiger partial charge in [-0.1, -0.05) is 12.1 Å². The second kappa shape index (κ2) is 3.57. The molecule has 0 bridgehead atoms. The highest BCUT2D eigenvalue weighted by atomic mass is 14.9. The van der Waals surface area contributed by atoms with Gasteiger partial charge in [0.05, 0.1) is 0 Å². The topological polar surface area (TPSA) is 77.8 Å². The lowest BCUT2D eigenvalue weighted by atomic mass is 10.2. The molecule has 4 N–H and O–H groups in total. The third kappa shape index (κ3) is 1.88. The molecule has 2 rings (SSSR count). The van der Waals surface area contributed by atoms with E-state index in [2.05, 4.69) is 9.97 Å². The number of anilines is 2. The molecule has 0 unspecified atom stereocenters. The number of aryl methyl sites for hydroxylation is 1. The van der Waals surface area contributed by atoms with E-state index in [0.29, 0.717) is 17.3 Å². The van der Waals surface area contributed by atoms with Crippen molar-refractivity contribution in [1.82, 2.24) is 9.97 Å². The molecule has 0 saturated heterocycles. The molecular weight excluding hydrogens is 188 g/mol. The summed E-state index contributed by atoms with van der Waals surface area (Å²) >= 11 is 0. The zero-order chi connectivity index (χ0) is 10.8. The van der Waals surface area contributed by atoms with Gasteiger partial charge in [0.25, 0.3) is 0 Å². The Bertz CT molecular complexity index is 494. The van der Waals surface area contributed by atoms with Gasteiger partial charge in [-0.15, -0.1) is 0 Å². The summed E-state index contributed by atoms with van der Waals surface area (Å²) in [5.74, 6) is 1.10. The van der Waals surface area contributed by atoms with Gasteiger partial charge in [-0.05, 0) is 19.1 Å². The number of nitrogens with zero attached hydrogens (tertiary/aromatic N) is 2. The van der Waals surface area contributed by atoms with Crippen LogP contribution in [0.3, 0.4) is 0 Å². The van der Waals surface area contributed by atoms with Gasteiger partial charge >= 0.3 is 0 Å². The Kier molecular flexibility index (Phi) is 2.25. The zero-order valence-electron chi connectivity index (χ0n) is 8.44. The summed E-state index contributed by atoms with van der Waals surface area (Å²) in [5.41, 5.74) is 13.8. The average Bonchev–Trinajstić information content (AvgIpc) is 2.22. The van der Waals surface area contributed by atoms with Crippen LogP contribution in [0.1, 0.15) is 5.56 Å². The molecule has 0 aliphatic carbocycles. The molecule has 1 aromatic heterocycles. The molecule has 0 radical (unpaired) electrons. The van der Waals surface area contributed by atoms with Crippen molar-refractivity contribution in [1.29, 1.82) is 0 Å². The molecule has 0 fully saturated rings. The van der Waals surface area contributed by atoms with Crippen LogP contribution in [0.2, 0.25) is 0 Å². The summed E-state index contributed by atoms with van der Waals surface area (Å²) in [6.07, 6.45) is 1.71. The first-order chi connectivity index (χ1) is 7.16. The van der Waals surface area contributed by atoms with Crippen molar-refractivity contribution in [2.75, 3.05) is 11.5 Å². The van der Waals surface area contributed by atoms with Crippen molar-refractivity contribution in [3.05, 3.63) is 36.0 Å². The normalized spacial score (nSPS) is 10.2. The summed E-state index contributed by atoms with van der Waals surface area (Å²) in [6, 6.07) is 7.41. The molecule has 15 heavy (non-hydrogen) atoms. The van der Waals surface area contributed by atoms with Gasteiger partial charge in [-0.3, -0.25) is 0 Å². The van der Waals surface area contributed by atoms with Gasteiger partial charge in [0.1, 0.15) is 5.82 Å². The van der Waals surface area contributed by atoms with Crippen LogP contribution >= 0.6 is 0 Å². The van der Waals surface area contributed by atoms with Crippen molar-refractivity contribution in [3.8, 4) is 11.4 Å². The van der Waals surface area contributed by atoms with Crippen LogP contribution in [0.15, 0.2) is 30.5 Å². The van der Waals surface area contributed by atoms with E-state index in [0.717, 1.165) is 11.1 Å². The fourth-order valence-corrected chi connectivity index (χ4v) is 1.27. The number of hydrogen-bond donors (Lipinski definition) is 2. The highest BCUT2D eigenvalue weighted by Gasteiger charge is 2.03. The van der Waals surface area contributed by atoms with Crippen LogP contribution in [-0.2, 0) is 0 Å². The standard InChI is InChI=1S/C11H12N4/c1-7-6-14-11(15-10(7)13)8-3-2-4-9(12)5-8/h2-6H,12H2,1H3,(H2,13,14,15). The van der Waals surface area contributed by atoms with Gasteiger partial charge in [0, 0.05) is 23.0 Å². The third-order valence-electron chi connectivity index (χ3n) is 2.16. The Morgan fingerprint density at radius 3 is 2.67 bits per heavy atom. The number of benzene rings is 1. The van der Waals surface area contributed by atoms with E-state index < -0.39 is 0 Å². The summed E-state index contributed by atoms with van der Waals surface area (Å²) < 4.78 is 0. The third-order valence-corrected chi connectivity index (χ3v) is 2.16. The quantitative estimate of drug-likeness (QED) is 0.685. The monoisotopic (exact) mass is 200 g/mol. The van der Waals surface area contributed by atoms with Crippen molar-refractivity contribution >= 4 is 11.5 Å². The second-order valence-electron chi connectivity index (χ2n) is 3.39. The first-order valence-electron chi connectivity index (χ1n) is 4.62. The van der Waals surface area contributed by atoms with Crippen LogP contribution in [0, 0.1) is 6.92 Å². The number of nitrogens with two attached hydrogens (primary N) is 2. The second-order valence-corrected chi connectivity index (χ2v) is 3.39.